The lowest BCUT2D eigenvalue weighted by molar-refractivity contribution is -0.149. The fraction of sp³-hybridized carbons (Fsp3) is 0.143. The number of para-hydroxylation sites is 1. The van der Waals surface area contributed by atoms with Crippen LogP contribution in [0.4, 0.5) is 0 Å². The van der Waals surface area contributed by atoms with E-state index in [4.69, 9.17) is 30.5 Å². The molecule has 0 atom stereocenters. The number of nitrogens with zero attached hydrogens (tertiary/aromatic N) is 3. The van der Waals surface area contributed by atoms with Crippen LogP contribution in [-0.2, 0) is 9.53 Å². The number of hydrogen-bond donors (Lipinski definition) is 0. The van der Waals surface area contributed by atoms with E-state index in [1.54, 1.807) is 56.3 Å². The molecule has 0 fully saturated rings. The molecule has 0 saturated heterocycles. The van der Waals surface area contributed by atoms with Gasteiger partial charge in [-0.25, -0.2) is 9.78 Å². The van der Waals surface area contributed by atoms with Crippen LogP contribution in [0.25, 0.3) is 33.5 Å². The van der Waals surface area contributed by atoms with E-state index >= 15 is 0 Å². The molecule has 0 aliphatic heterocycles. The lowest BCUT2D eigenvalue weighted by atomic mass is 10.2. The molecular weight excluding hydrogens is 654 g/mol. The van der Waals surface area contributed by atoms with Gasteiger partial charge in [0.05, 0.1) is 27.7 Å². The van der Waals surface area contributed by atoms with E-state index in [0.29, 0.717) is 43.1 Å². The number of furan rings is 1. The number of hydrogen-bond acceptors (Lipinski definition) is 7. The maximum absolute atomic E-state index is 13.6. The van der Waals surface area contributed by atoms with E-state index in [9.17, 15) is 9.59 Å². The monoisotopic (exact) mass is 671 g/mol. The summed E-state index contributed by atoms with van der Waals surface area (Å²) in [7, 11) is 0. The largest absolute Gasteiger partial charge is 0.480 e. The number of ether oxygens (including phenoxy) is 2. The van der Waals surface area contributed by atoms with Gasteiger partial charge in [-0.1, -0.05) is 39.7 Å². The predicted octanol–water partition coefficient (Wildman–Crippen LogP) is 7.20. The van der Waals surface area contributed by atoms with Crippen LogP contribution in [0.1, 0.15) is 19.4 Å². The van der Waals surface area contributed by atoms with E-state index in [1.165, 1.54) is 10.9 Å². The van der Waals surface area contributed by atoms with Crippen molar-refractivity contribution >= 4 is 77.5 Å². The Kier molecular flexibility index (Phi) is 7.88. The average Bonchev–Trinajstić information content (AvgIpc) is 3.30. The number of rotatable bonds is 7. The highest BCUT2D eigenvalue weighted by Gasteiger charge is 2.18. The van der Waals surface area contributed by atoms with Crippen LogP contribution in [0.15, 0.2) is 83.9 Å². The molecule has 0 saturated carbocycles. The number of halogens is 3. The standard InChI is InChI=1S/C28H20Br2ClN3O5/c1-15(2)38-25(35)14-37-26-17(10-19(31)12-21(26)30)13-32-34-27(33-22-6-4-3-5-20(22)28(34)36)24-11-16-9-18(29)7-8-23(16)39-24/h3-13,15H,14H2,1-2H3. The molecule has 8 nitrogen and oxygen atoms in total. The zero-order chi connectivity index (χ0) is 27.7. The Hall–Kier alpha value is -3.47. The zero-order valence-electron chi connectivity index (χ0n) is 20.7. The van der Waals surface area contributed by atoms with Crippen LogP contribution in [0, 0.1) is 0 Å². The van der Waals surface area contributed by atoms with E-state index in [1.807, 2.05) is 18.2 Å². The van der Waals surface area contributed by atoms with Gasteiger partial charge < -0.3 is 13.9 Å². The van der Waals surface area contributed by atoms with E-state index in [2.05, 4.69) is 37.0 Å². The van der Waals surface area contributed by atoms with Gasteiger partial charge in [0.15, 0.2) is 12.4 Å². The summed E-state index contributed by atoms with van der Waals surface area (Å²) in [5.74, 6) is 0.360. The maximum atomic E-state index is 13.6. The number of fused-ring (bicyclic) bond motifs is 2. The molecule has 0 aliphatic rings. The van der Waals surface area contributed by atoms with E-state index < -0.39 is 11.5 Å². The van der Waals surface area contributed by atoms with Crippen molar-refractivity contribution in [1.29, 1.82) is 0 Å². The summed E-state index contributed by atoms with van der Waals surface area (Å²) in [6.45, 7) is 3.18. The highest BCUT2D eigenvalue weighted by Crippen LogP contribution is 2.33. The SMILES string of the molecule is CC(C)OC(=O)COc1c(Br)cc(Cl)cc1C=Nn1c(-c2cc3cc(Br)ccc3o2)nc2ccccc2c1=O. The second-order valence-electron chi connectivity index (χ2n) is 8.74. The van der Waals surface area contributed by atoms with Crippen LogP contribution in [0.3, 0.4) is 0 Å². The molecule has 198 valence electrons. The van der Waals surface area contributed by atoms with E-state index in [-0.39, 0.29) is 18.5 Å². The van der Waals surface area contributed by atoms with Crippen molar-refractivity contribution < 1.29 is 18.7 Å². The van der Waals surface area contributed by atoms with Crippen molar-refractivity contribution in [3.8, 4) is 17.3 Å². The van der Waals surface area contributed by atoms with Crippen molar-refractivity contribution in [2.24, 2.45) is 5.10 Å². The second-order valence-corrected chi connectivity index (χ2v) is 10.9. The van der Waals surface area contributed by atoms with Gasteiger partial charge in [0.2, 0.25) is 5.82 Å². The third-order valence-corrected chi connectivity index (χ3v) is 6.80. The van der Waals surface area contributed by atoms with Crippen molar-refractivity contribution in [3.05, 3.63) is 90.5 Å². The molecule has 0 unspecified atom stereocenters. The minimum Gasteiger partial charge on any atom is -0.480 e. The molecule has 0 spiro atoms. The topological polar surface area (TPSA) is 95.9 Å². The Labute approximate surface area is 244 Å². The molecule has 39 heavy (non-hydrogen) atoms. The fourth-order valence-corrected chi connectivity index (χ4v) is 5.22. The molecule has 0 aliphatic carbocycles. The molecule has 0 amide bonds. The smallest absolute Gasteiger partial charge is 0.344 e. The summed E-state index contributed by atoms with van der Waals surface area (Å²) in [6, 6.07) is 17.6. The molecule has 0 bridgehead atoms. The van der Waals surface area contributed by atoms with Gasteiger partial charge in [-0.15, -0.1) is 0 Å². The molecule has 5 rings (SSSR count). The van der Waals surface area contributed by atoms with Gasteiger partial charge in [0.25, 0.3) is 5.56 Å². The van der Waals surface area contributed by atoms with Gasteiger partial charge in [0.1, 0.15) is 11.3 Å². The third-order valence-electron chi connectivity index (χ3n) is 5.50. The first-order chi connectivity index (χ1) is 18.7. The first-order valence-electron chi connectivity index (χ1n) is 11.8. The number of carbonyl (C=O) groups is 1. The predicted molar refractivity (Wildman–Crippen MR) is 158 cm³/mol. The van der Waals surface area contributed by atoms with Gasteiger partial charge in [-0.2, -0.15) is 9.78 Å². The minimum absolute atomic E-state index is 0.214. The van der Waals surface area contributed by atoms with E-state index in [0.717, 1.165) is 9.86 Å². The molecule has 2 heterocycles. The van der Waals surface area contributed by atoms with Crippen molar-refractivity contribution in [1.82, 2.24) is 9.66 Å². The van der Waals surface area contributed by atoms with Crippen LogP contribution in [0.2, 0.25) is 5.02 Å². The summed E-state index contributed by atoms with van der Waals surface area (Å²) < 4.78 is 19.5. The van der Waals surface area contributed by atoms with Crippen molar-refractivity contribution in [2.75, 3.05) is 6.61 Å². The van der Waals surface area contributed by atoms with Gasteiger partial charge >= 0.3 is 5.97 Å². The van der Waals surface area contributed by atoms with Gasteiger partial charge in [0, 0.05) is 20.4 Å². The van der Waals surface area contributed by atoms with Crippen LogP contribution in [-0.4, -0.2) is 34.6 Å². The highest BCUT2D eigenvalue weighted by atomic mass is 79.9. The molecule has 0 radical (unpaired) electrons. The molecule has 0 N–H and O–H groups in total. The molecule has 11 heteroatoms. The third kappa shape index (κ3) is 5.93. The zero-order valence-corrected chi connectivity index (χ0v) is 24.6. The lowest BCUT2D eigenvalue weighted by Crippen LogP contribution is -2.20. The Morgan fingerprint density at radius 3 is 2.74 bits per heavy atom. The Balaban J connectivity index is 1.62. The normalized spacial score (nSPS) is 11.6. The van der Waals surface area contributed by atoms with Crippen LogP contribution < -0.4 is 10.3 Å². The van der Waals surface area contributed by atoms with Crippen molar-refractivity contribution in [2.45, 2.75) is 20.0 Å². The average molecular weight is 674 g/mol. The second kappa shape index (κ2) is 11.3. The summed E-state index contributed by atoms with van der Waals surface area (Å²) in [4.78, 5) is 30.4. The Morgan fingerprint density at radius 1 is 1.15 bits per heavy atom. The minimum atomic E-state index is -0.525. The molecule has 5 aromatic rings. The van der Waals surface area contributed by atoms with Crippen molar-refractivity contribution in [3.63, 3.8) is 0 Å². The summed E-state index contributed by atoms with van der Waals surface area (Å²) in [6.07, 6.45) is 1.14. The maximum Gasteiger partial charge on any atom is 0.344 e. The summed E-state index contributed by atoms with van der Waals surface area (Å²) in [5.41, 5.74) is 1.17. The Morgan fingerprint density at radius 2 is 1.95 bits per heavy atom. The number of carbonyl (C=O) groups excluding carboxylic acids is 1. The molecular formula is C28H20Br2ClN3O5. The molecule has 2 aromatic heterocycles. The quantitative estimate of drug-likeness (QED) is 0.134. The van der Waals surface area contributed by atoms with Gasteiger partial charge in [-0.3, -0.25) is 4.79 Å². The Bertz CT molecular complexity index is 1810. The summed E-state index contributed by atoms with van der Waals surface area (Å²) in [5, 5.41) is 6.10. The first kappa shape index (κ1) is 27.1. The number of benzene rings is 3. The lowest BCUT2D eigenvalue weighted by Gasteiger charge is -2.13. The summed E-state index contributed by atoms with van der Waals surface area (Å²) >= 11 is 13.2. The molecule has 3 aromatic carbocycles. The number of esters is 1. The fourth-order valence-electron chi connectivity index (χ4n) is 3.89. The number of aromatic nitrogens is 2. The van der Waals surface area contributed by atoms with Gasteiger partial charge in [-0.05, 0) is 78.3 Å². The van der Waals surface area contributed by atoms with Crippen LogP contribution in [0.5, 0.6) is 5.75 Å². The highest BCUT2D eigenvalue weighted by molar-refractivity contribution is 9.10. The van der Waals surface area contributed by atoms with Crippen LogP contribution >= 0.6 is 43.5 Å². The first-order valence-corrected chi connectivity index (χ1v) is 13.7.